The largest absolute Gasteiger partial charge is 0.332 e. The Morgan fingerprint density at radius 1 is 0.250 bits per heavy atom. The molecular weight excluding hydrogens is 988 g/mol. The normalized spacial score (nSPS) is 24.8. The minimum absolute atomic E-state index is 0.225. The molecule has 4 heterocycles. The van der Waals surface area contributed by atoms with Gasteiger partial charge in [0.25, 0.3) is 0 Å². The average molecular weight is 1100 g/mol. The molecule has 4 aliphatic heterocycles. The van der Waals surface area contributed by atoms with Crippen LogP contribution in [-0.2, 0) is 54.3 Å². The lowest BCUT2D eigenvalue weighted by atomic mass is 9.93. The minimum atomic E-state index is -1.24. The summed E-state index contributed by atoms with van der Waals surface area (Å²) in [6.07, 6.45) is 38.9. The van der Waals surface area contributed by atoms with Gasteiger partial charge in [-0.25, -0.2) is 0 Å². The first-order chi connectivity index (χ1) is 35.0. The second kappa shape index (κ2) is 44.0. The summed E-state index contributed by atoms with van der Waals surface area (Å²) in [7, 11) is -4.93. The maximum atomic E-state index is 5.91. The third-order valence-electron chi connectivity index (χ3n) is 13.8. The molecule has 0 bridgehead atoms. The molecule has 0 radical (unpaired) electrons. The summed E-state index contributed by atoms with van der Waals surface area (Å²) >= 11 is 0. The molecule has 0 atom stereocenters. The van der Waals surface area contributed by atoms with E-state index >= 15 is 0 Å². The first kappa shape index (κ1) is 67.5. The Balaban J connectivity index is 0.000000386. The molecule has 4 aliphatic rings. The number of hydrogen-bond acceptors (Lipinski definition) is 12. The Bertz CT molecular complexity index is 1100. The van der Waals surface area contributed by atoms with Gasteiger partial charge in [-0.05, 0) is 49.4 Å². The van der Waals surface area contributed by atoms with E-state index < -0.39 is 34.4 Å². The van der Waals surface area contributed by atoms with Crippen LogP contribution < -0.4 is 0 Å². The Hall–Kier alpha value is 1.24. The third-order valence-corrected chi connectivity index (χ3v) is 18.1. The maximum Gasteiger partial charge on any atom is 0.332 e. The van der Waals surface area contributed by atoms with Crippen LogP contribution in [0.4, 0.5) is 0 Å². The van der Waals surface area contributed by atoms with E-state index in [1.807, 2.05) is 0 Å². The van der Waals surface area contributed by atoms with Gasteiger partial charge in [-0.2, -0.15) is 0 Å². The van der Waals surface area contributed by atoms with Crippen LogP contribution in [0.3, 0.4) is 0 Å². The van der Waals surface area contributed by atoms with Crippen molar-refractivity contribution in [2.75, 3.05) is 79.3 Å². The van der Waals surface area contributed by atoms with Crippen molar-refractivity contribution in [1.29, 1.82) is 0 Å². The molecule has 0 aliphatic carbocycles. The highest BCUT2D eigenvalue weighted by Gasteiger charge is 2.45. The molecule has 0 N–H and O–H groups in total. The lowest BCUT2D eigenvalue weighted by Gasteiger charge is -2.41. The standard InChI is InChI=1S/C31H62O6P2.C25H50O6P2/c1-29(2)21-17-13-9-5-7-11-15-19-23-32-38-34-25-31(26-35-38)27-36-39(37-28-31)33-24-20-16-12-8-6-10-14-18-22-30(3)4;1-23(2)15-11-7-5-9-13-17-26-32-28-19-25(20-29-32)21-30-33(31-22-25)27-18-14-10-6-8-12-16-24(3)4/h29-30H,5-28H2,1-4H3;23-24H,5-22H2,1-4H3. The van der Waals surface area contributed by atoms with Crippen molar-refractivity contribution >= 4 is 34.4 Å². The van der Waals surface area contributed by atoms with E-state index in [0.717, 1.165) is 62.6 Å². The van der Waals surface area contributed by atoms with Gasteiger partial charge >= 0.3 is 34.4 Å². The molecule has 16 heteroatoms. The number of rotatable bonds is 42. The highest BCUT2D eigenvalue weighted by molar-refractivity contribution is 7.42. The van der Waals surface area contributed by atoms with E-state index in [4.69, 9.17) is 54.3 Å². The number of unbranched alkanes of at least 4 members (excludes halogenated alkanes) is 22. The summed E-state index contributed by atoms with van der Waals surface area (Å²) in [5, 5.41) is 0. The van der Waals surface area contributed by atoms with Crippen LogP contribution >= 0.6 is 34.4 Å². The monoisotopic (exact) mass is 1100 g/mol. The number of hydrogen-bond donors (Lipinski definition) is 0. The van der Waals surface area contributed by atoms with Crippen LogP contribution in [0.15, 0.2) is 0 Å². The molecule has 428 valence electrons. The molecule has 0 aromatic rings. The van der Waals surface area contributed by atoms with E-state index in [0.29, 0.717) is 66.1 Å². The van der Waals surface area contributed by atoms with Crippen LogP contribution in [0, 0.1) is 34.5 Å². The molecule has 0 saturated carbocycles. The fourth-order valence-electron chi connectivity index (χ4n) is 8.82. The summed E-state index contributed by atoms with van der Waals surface area (Å²) in [4.78, 5) is 0. The second-order valence-electron chi connectivity index (χ2n) is 23.3. The fraction of sp³-hybridized carbons (Fsp3) is 1.00. The van der Waals surface area contributed by atoms with Gasteiger partial charge in [0.2, 0.25) is 0 Å². The molecule has 4 rings (SSSR count). The molecule has 4 saturated heterocycles. The molecule has 0 unspecified atom stereocenters. The molecule has 2 spiro atoms. The smallest absolute Gasteiger partial charge is 0.312 e. The van der Waals surface area contributed by atoms with E-state index in [1.54, 1.807) is 0 Å². The second-order valence-corrected chi connectivity index (χ2v) is 28.2. The highest BCUT2D eigenvalue weighted by atomic mass is 31.2. The van der Waals surface area contributed by atoms with Gasteiger partial charge in [0.05, 0.1) is 90.1 Å². The van der Waals surface area contributed by atoms with E-state index in [1.165, 1.54) is 167 Å². The Morgan fingerprint density at radius 2 is 0.403 bits per heavy atom. The molecule has 0 amide bonds. The van der Waals surface area contributed by atoms with E-state index in [-0.39, 0.29) is 10.8 Å². The molecule has 72 heavy (non-hydrogen) atoms. The zero-order chi connectivity index (χ0) is 51.8. The van der Waals surface area contributed by atoms with Gasteiger partial charge in [0, 0.05) is 0 Å². The first-order valence-electron chi connectivity index (χ1n) is 29.7. The summed E-state index contributed by atoms with van der Waals surface area (Å²) < 4.78 is 70.5. The lowest BCUT2D eigenvalue weighted by molar-refractivity contribution is -0.0765. The van der Waals surface area contributed by atoms with Crippen molar-refractivity contribution in [2.24, 2.45) is 34.5 Å². The molecule has 12 nitrogen and oxygen atoms in total. The molecule has 4 fully saturated rings. The van der Waals surface area contributed by atoms with Crippen molar-refractivity contribution in [1.82, 2.24) is 0 Å². The van der Waals surface area contributed by atoms with Gasteiger partial charge in [-0.1, -0.05) is 222 Å². The van der Waals surface area contributed by atoms with Crippen molar-refractivity contribution in [3.63, 3.8) is 0 Å². The van der Waals surface area contributed by atoms with Crippen LogP contribution in [0.5, 0.6) is 0 Å². The summed E-state index contributed by atoms with van der Waals surface area (Å²) in [5.41, 5.74) is -0.452. The molecule has 0 aromatic heterocycles. The average Bonchev–Trinajstić information content (AvgIpc) is 3.36. The minimum Gasteiger partial charge on any atom is -0.312 e. The predicted octanol–water partition coefficient (Wildman–Crippen LogP) is 19.4. The van der Waals surface area contributed by atoms with Gasteiger partial charge in [-0.3, -0.25) is 0 Å². The fourth-order valence-corrected chi connectivity index (χ4v) is 13.9. The lowest BCUT2D eigenvalue weighted by Crippen LogP contribution is -2.44. The molecule has 0 aromatic carbocycles. The zero-order valence-corrected chi connectivity index (χ0v) is 51.3. The maximum absolute atomic E-state index is 5.91. The van der Waals surface area contributed by atoms with Gasteiger partial charge in [0.1, 0.15) is 0 Å². The Labute approximate surface area is 448 Å². The Morgan fingerprint density at radius 3 is 0.569 bits per heavy atom. The summed E-state index contributed by atoms with van der Waals surface area (Å²) in [6, 6.07) is 0. The van der Waals surface area contributed by atoms with Crippen molar-refractivity contribution in [2.45, 2.75) is 248 Å². The Kier molecular flexibility index (Phi) is 41.3. The SMILES string of the molecule is CC(C)CCCCCCCCCCOP1OCC2(CO1)COP(OCCCCCCCCCCC(C)C)OC2.CC(C)CCCCCCCOP1OCC2(CO1)COP(OCCCCCCCC(C)C)OC2. The predicted molar refractivity (Wildman–Crippen MR) is 302 cm³/mol. The first-order valence-corrected chi connectivity index (χ1v) is 34.1. The van der Waals surface area contributed by atoms with E-state index in [2.05, 4.69) is 55.4 Å². The van der Waals surface area contributed by atoms with Crippen LogP contribution in [0.25, 0.3) is 0 Å². The van der Waals surface area contributed by atoms with Gasteiger partial charge in [-0.15, -0.1) is 0 Å². The molecular formula is C56H112O12P4. The van der Waals surface area contributed by atoms with Crippen LogP contribution in [0.2, 0.25) is 0 Å². The summed E-state index contributed by atoms with van der Waals surface area (Å²) in [5.74, 6) is 3.33. The quantitative estimate of drug-likeness (QED) is 0.0429. The van der Waals surface area contributed by atoms with Crippen molar-refractivity contribution in [3.8, 4) is 0 Å². The van der Waals surface area contributed by atoms with Crippen LogP contribution in [0.1, 0.15) is 248 Å². The van der Waals surface area contributed by atoms with Crippen LogP contribution in [-0.4, -0.2) is 79.3 Å². The third kappa shape index (κ3) is 35.7. The van der Waals surface area contributed by atoms with E-state index in [9.17, 15) is 0 Å². The summed E-state index contributed by atoms with van der Waals surface area (Å²) in [6.45, 7) is 25.8. The van der Waals surface area contributed by atoms with Crippen molar-refractivity contribution in [3.05, 3.63) is 0 Å². The highest BCUT2D eigenvalue weighted by Crippen LogP contribution is 2.54. The van der Waals surface area contributed by atoms with Gasteiger partial charge in [0.15, 0.2) is 0 Å². The van der Waals surface area contributed by atoms with Gasteiger partial charge < -0.3 is 54.3 Å². The topological polar surface area (TPSA) is 111 Å². The van der Waals surface area contributed by atoms with Crippen molar-refractivity contribution < 1.29 is 54.3 Å². The zero-order valence-electron chi connectivity index (χ0n) is 47.7.